The Morgan fingerprint density at radius 1 is 1.25 bits per heavy atom. The number of anilines is 2. The lowest BCUT2D eigenvalue weighted by Crippen LogP contribution is -2.26. The van der Waals surface area contributed by atoms with Gasteiger partial charge in [-0.1, -0.05) is 25.4 Å². The molecule has 0 fully saturated rings. The second kappa shape index (κ2) is 8.55. The number of ether oxygens (including phenoxy) is 1. The summed E-state index contributed by atoms with van der Waals surface area (Å²) in [6.07, 6.45) is 2.57. The van der Waals surface area contributed by atoms with Crippen LogP contribution in [0, 0.1) is 5.92 Å². The van der Waals surface area contributed by atoms with Crippen LogP contribution < -0.4 is 15.4 Å². The van der Waals surface area contributed by atoms with Crippen molar-refractivity contribution in [3.63, 3.8) is 0 Å². The first-order chi connectivity index (χ1) is 11.5. The van der Waals surface area contributed by atoms with Gasteiger partial charge in [0.2, 0.25) is 0 Å². The van der Waals surface area contributed by atoms with Crippen molar-refractivity contribution in [3.8, 4) is 5.75 Å². The van der Waals surface area contributed by atoms with Gasteiger partial charge in [-0.2, -0.15) is 0 Å². The number of nitrogens with zero attached hydrogens (tertiary/aromatic N) is 1. The standard InChI is InChI=1S/C18H22ClN3O2/c1-12(2)8-9-20-18(23)16-6-4-14(11-21-16)22-13-5-7-17(24-3)15(19)10-13/h4-7,10-12,22H,8-9H2,1-3H3,(H,20,23). The van der Waals surface area contributed by atoms with Gasteiger partial charge in [-0.15, -0.1) is 0 Å². The van der Waals surface area contributed by atoms with Gasteiger partial charge in [0, 0.05) is 12.2 Å². The average molecular weight is 348 g/mol. The zero-order chi connectivity index (χ0) is 17.5. The average Bonchev–Trinajstić information content (AvgIpc) is 2.55. The molecular weight excluding hydrogens is 326 g/mol. The molecular formula is C18H22ClN3O2. The molecule has 0 saturated carbocycles. The fourth-order valence-corrected chi connectivity index (χ4v) is 2.34. The second-order valence-corrected chi connectivity index (χ2v) is 6.25. The van der Waals surface area contributed by atoms with Crippen molar-refractivity contribution in [2.45, 2.75) is 20.3 Å². The van der Waals surface area contributed by atoms with Crippen LogP contribution in [0.4, 0.5) is 11.4 Å². The van der Waals surface area contributed by atoms with E-state index in [2.05, 4.69) is 29.5 Å². The van der Waals surface area contributed by atoms with E-state index in [-0.39, 0.29) is 5.91 Å². The number of pyridine rings is 1. The molecule has 5 nitrogen and oxygen atoms in total. The number of nitrogens with one attached hydrogen (secondary N) is 2. The first-order valence-corrected chi connectivity index (χ1v) is 8.22. The highest BCUT2D eigenvalue weighted by Crippen LogP contribution is 2.28. The van der Waals surface area contributed by atoms with Crippen molar-refractivity contribution in [3.05, 3.63) is 47.2 Å². The Balaban J connectivity index is 1.96. The van der Waals surface area contributed by atoms with Gasteiger partial charge in [-0.25, -0.2) is 4.98 Å². The van der Waals surface area contributed by atoms with Gasteiger partial charge in [0.25, 0.3) is 5.91 Å². The first kappa shape index (κ1) is 18.1. The number of benzene rings is 1. The Morgan fingerprint density at radius 3 is 2.58 bits per heavy atom. The molecule has 1 amide bonds. The SMILES string of the molecule is COc1ccc(Nc2ccc(C(=O)NCCC(C)C)nc2)cc1Cl. The minimum Gasteiger partial charge on any atom is -0.495 e. The van der Waals surface area contributed by atoms with E-state index in [4.69, 9.17) is 16.3 Å². The Labute approximate surface area is 147 Å². The molecule has 1 aromatic heterocycles. The van der Waals surface area contributed by atoms with Crippen molar-refractivity contribution in [1.82, 2.24) is 10.3 Å². The Morgan fingerprint density at radius 2 is 2.00 bits per heavy atom. The van der Waals surface area contributed by atoms with Crippen molar-refractivity contribution in [2.24, 2.45) is 5.92 Å². The van der Waals surface area contributed by atoms with Crippen LogP contribution in [0.15, 0.2) is 36.5 Å². The molecule has 2 aromatic rings. The Kier molecular flexibility index (Phi) is 6.44. The van der Waals surface area contributed by atoms with Crippen LogP contribution in [-0.4, -0.2) is 24.5 Å². The van der Waals surface area contributed by atoms with E-state index >= 15 is 0 Å². The third-order valence-corrected chi connectivity index (χ3v) is 3.74. The fourth-order valence-electron chi connectivity index (χ4n) is 2.08. The van der Waals surface area contributed by atoms with Gasteiger partial charge < -0.3 is 15.4 Å². The summed E-state index contributed by atoms with van der Waals surface area (Å²) in [4.78, 5) is 16.2. The molecule has 0 aliphatic heterocycles. The fraction of sp³-hybridized carbons (Fsp3) is 0.333. The van der Waals surface area contributed by atoms with E-state index < -0.39 is 0 Å². The lowest BCUT2D eigenvalue weighted by molar-refractivity contribution is 0.0947. The summed E-state index contributed by atoms with van der Waals surface area (Å²) in [6, 6.07) is 8.92. The molecule has 0 bridgehead atoms. The summed E-state index contributed by atoms with van der Waals surface area (Å²) in [5.74, 6) is 1.02. The molecule has 0 spiro atoms. The molecule has 2 N–H and O–H groups in total. The van der Waals surface area contributed by atoms with Crippen LogP contribution in [0.25, 0.3) is 0 Å². The molecule has 0 unspecified atom stereocenters. The first-order valence-electron chi connectivity index (χ1n) is 7.84. The lowest BCUT2D eigenvalue weighted by atomic mass is 10.1. The maximum atomic E-state index is 12.0. The molecule has 1 aromatic carbocycles. The van der Waals surface area contributed by atoms with Crippen LogP contribution in [0.3, 0.4) is 0 Å². The second-order valence-electron chi connectivity index (χ2n) is 5.84. The molecule has 0 saturated heterocycles. The van der Waals surface area contributed by atoms with Gasteiger partial charge in [-0.05, 0) is 42.7 Å². The quantitative estimate of drug-likeness (QED) is 0.785. The third-order valence-electron chi connectivity index (χ3n) is 3.44. The van der Waals surface area contributed by atoms with Crippen molar-refractivity contribution in [1.29, 1.82) is 0 Å². The number of amides is 1. The molecule has 24 heavy (non-hydrogen) atoms. The van der Waals surface area contributed by atoms with E-state index in [1.54, 1.807) is 31.5 Å². The number of hydrogen-bond acceptors (Lipinski definition) is 4. The van der Waals surface area contributed by atoms with Gasteiger partial charge in [0.05, 0.1) is 24.0 Å². The Bertz CT molecular complexity index is 687. The van der Waals surface area contributed by atoms with E-state index in [1.165, 1.54) is 0 Å². The van der Waals surface area contributed by atoms with Gasteiger partial charge in [-0.3, -0.25) is 4.79 Å². The summed E-state index contributed by atoms with van der Waals surface area (Å²) in [5, 5.41) is 6.58. The number of halogens is 1. The number of carbonyl (C=O) groups excluding carboxylic acids is 1. The summed E-state index contributed by atoms with van der Waals surface area (Å²) in [5.41, 5.74) is 1.99. The molecule has 0 aliphatic carbocycles. The zero-order valence-corrected chi connectivity index (χ0v) is 14.9. The molecule has 0 atom stereocenters. The normalized spacial score (nSPS) is 10.5. The maximum absolute atomic E-state index is 12.0. The minimum atomic E-state index is -0.158. The lowest BCUT2D eigenvalue weighted by Gasteiger charge is -2.10. The molecule has 0 radical (unpaired) electrons. The van der Waals surface area contributed by atoms with E-state index in [9.17, 15) is 4.79 Å². The zero-order valence-electron chi connectivity index (χ0n) is 14.1. The summed E-state index contributed by atoms with van der Waals surface area (Å²) < 4.78 is 5.12. The van der Waals surface area contributed by atoms with Crippen molar-refractivity contribution in [2.75, 3.05) is 19.0 Å². The highest BCUT2D eigenvalue weighted by atomic mass is 35.5. The maximum Gasteiger partial charge on any atom is 0.269 e. The number of hydrogen-bond donors (Lipinski definition) is 2. The van der Waals surface area contributed by atoms with Crippen LogP contribution >= 0.6 is 11.6 Å². The predicted octanol–water partition coefficient (Wildman–Crippen LogP) is 4.26. The molecule has 0 aliphatic rings. The molecule has 1 heterocycles. The number of methoxy groups -OCH3 is 1. The topological polar surface area (TPSA) is 63.2 Å². The number of carbonyl (C=O) groups is 1. The summed E-state index contributed by atoms with van der Waals surface area (Å²) >= 11 is 6.10. The van der Waals surface area contributed by atoms with Gasteiger partial charge in [0.15, 0.2) is 0 Å². The summed E-state index contributed by atoms with van der Waals surface area (Å²) in [7, 11) is 1.57. The van der Waals surface area contributed by atoms with E-state index in [0.717, 1.165) is 17.8 Å². The molecule has 6 heteroatoms. The van der Waals surface area contributed by atoms with E-state index in [0.29, 0.717) is 28.9 Å². The number of rotatable bonds is 7. The molecule has 2 rings (SSSR count). The Hall–Kier alpha value is -2.27. The molecule has 128 valence electrons. The third kappa shape index (κ3) is 5.13. The highest BCUT2D eigenvalue weighted by molar-refractivity contribution is 6.32. The van der Waals surface area contributed by atoms with Crippen LogP contribution in [0.2, 0.25) is 5.02 Å². The smallest absolute Gasteiger partial charge is 0.269 e. The van der Waals surface area contributed by atoms with Crippen molar-refractivity contribution < 1.29 is 9.53 Å². The van der Waals surface area contributed by atoms with Crippen molar-refractivity contribution >= 4 is 28.9 Å². The largest absolute Gasteiger partial charge is 0.495 e. The monoisotopic (exact) mass is 347 g/mol. The van der Waals surface area contributed by atoms with Crippen LogP contribution in [0.5, 0.6) is 5.75 Å². The minimum absolute atomic E-state index is 0.158. The van der Waals surface area contributed by atoms with E-state index in [1.807, 2.05) is 12.1 Å². The summed E-state index contributed by atoms with van der Waals surface area (Å²) in [6.45, 7) is 4.90. The van der Waals surface area contributed by atoms with Gasteiger partial charge in [0.1, 0.15) is 11.4 Å². The van der Waals surface area contributed by atoms with Gasteiger partial charge >= 0.3 is 0 Å². The predicted molar refractivity (Wildman–Crippen MR) is 97.3 cm³/mol. The highest BCUT2D eigenvalue weighted by Gasteiger charge is 2.07. The number of aromatic nitrogens is 1. The van der Waals surface area contributed by atoms with Crippen LogP contribution in [0.1, 0.15) is 30.8 Å². The van der Waals surface area contributed by atoms with Crippen LogP contribution in [-0.2, 0) is 0 Å².